The topological polar surface area (TPSA) is 80.1 Å². The maximum absolute atomic E-state index is 13.1. The van der Waals surface area contributed by atoms with Crippen molar-refractivity contribution in [2.75, 3.05) is 16.8 Å². The predicted molar refractivity (Wildman–Crippen MR) is 136 cm³/mol. The number of hydrogen-bond acceptors (Lipinski definition) is 5. The normalized spacial score (nSPS) is 15.7. The first-order chi connectivity index (χ1) is 16.4. The van der Waals surface area contributed by atoms with Crippen molar-refractivity contribution in [3.8, 4) is 0 Å². The lowest BCUT2D eigenvalue weighted by Gasteiger charge is -2.22. The van der Waals surface area contributed by atoms with Gasteiger partial charge in [-0.2, -0.15) is 0 Å². The van der Waals surface area contributed by atoms with Gasteiger partial charge in [-0.3, -0.25) is 19.5 Å². The van der Waals surface area contributed by atoms with E-state index in [1.54, 1.807) is 4.90 Å². The number of para-hydroxylation sites is 1. The Labute approximate surface area is 208 Å². The Balaban J connectivity index is 1.45. The van der Waals surface area contributed by atoms with E-state index in [1.165, 1.54) is 11.8 Å². The van der Waals surface area contributed by atoms with Crippen molar-refractivity contribution in [2.45, 2.75) is 51.1 Å². The van der Waals surface area contributed by atoms with Gasteiger partial charge in [0.25, 0.3) is 0 Å². The van der Waals surface area contributed by atoms with Crippen molar-refractivity contribution in [1.29, 1.82) is 0 Å². The summed E-state index contributed by atoms with van der Waals surface area (Å²) in [5, 5.41) is 12.8. The van der Waals surface area contributed by atoms with Crippen LogP contribution in [-0.4, -0.2) is 33.1 Å². The van der Waals surface area contributed by atoms with E-state index < -0.39 is 5.92 Å². The molecule has 1 unspecified atom stereocenters. The maximum Gasteiger partial charge on any atom is 0.232 e. The summed E-state index contributed by atoms with van der Waals surface area (Å²) in [7, 11) is 0. The number of nitrogens with zero attached hydrogens (tertiary/aromatic N) is 4. The molecule has 0 spiro atoms. The molecule has 1 saturated heterocycles. The van der Waals surface area contributed by atoms with Gasteiger partial charge in [-0.25, -0.2) is 0 Å². The average molecular weight is 498 g/mol. The summed E-state index contributed by atoms with van der Waals surface area (Å²) in [6.45, 7) is 7.01. The highest BCUT2D eigenvalue weighted by Gasteiger charge is 2.37. The van der Waals surface area contributed by atoms with E-state index in [9.17, 15) is 9.59 Å². The first-order valence-corrected chi connectivity index (χ1v) is 12.8. The minimum Gasteiger partial charge on any atom is -0.311 e. The zero-order chi connectivity index (χ0) is 24.2. The van der Waals surface area contributed by atoms with Gasteiger partial charge in [-0.1, -0.05) is 66.7 Å². The summed E-state index contributed by atoms with van der Waals surface area (Å²) in [6, 6.07) is 13.7. The quantitative estimate of drug-likeness (QED) is 0.437. The van der Waals surface area contributed by atoms with Crippen LogP contribution in [0.4, 0.5) is 11.6 Å². The molecule has 4 rings (SSSR count). The predicted octanol–water partition coefficient (Wildman–Crippen LogP) is 5.11. The van der Waals surface area contributed by atoms with E-state index in [1.807, 2.05) is 60.9 Å². The van der Waals surface area contributed by atoms with Gasteiger partial charge in [0.1, 0.15) is 0 Å². The molecule has 2 aromatic carbocycles. The van der Waals surface area contributed by atoms with Gasteiger partial charge in [0.05, 0.1) is 5.92 Å². The minimum absolute atomic E-state index is 0.0305. The summed E-state index contributed by atoms with van der Waals surface area (Å²) in [6.07, 6.45) is 1.00. The molecule has 7 nitrogen and oxygen atoms in total. The number of benzene rings is 2. The van der Waals surface area contributed by atoms with Crippen LogP contribution in [0.2, 0.25) is 5.02 Å². The highest BCUT2D eigenvalue weighted by atomic mass is 35.5. The van der Waals surface area contributed by atoms with Crippen LogP contribution in [0.1, 0.15) is 37.0 Å². The molecule has 2 heterocycles. The number of carbonyl (C=O) groups excluding carboxylic acids is 2. The molecule has 0 radical (unpaired) electrons. The molecule has 0 aliphatic carbocycles. The standard InChI is InChI=1S/C25H28ClN5O2S/c1-4-17-11-8-9-16(3)22(17)31-14-19(13-21(31)32)23(33)27-24-28-29-25(30(24)5-2)34-15-18-10-6-7-12-20(18)26/h6-12,19H,4-5,13-15H2,1-3H3,(H,27,28,33). The van der Waals surface area contributed by atoms with Crippen LogP contribution in [0.3, 0.4) is 0 Å². The van der Waals surface area contributed by atoms with Crippen molar-refractivity contribution in [1.82, 2.24) is 14.8 Å². The Morgan fingerprint density at radius 3 is 2.65 bits per heavy atom. The van der Waals surface area contributed by atoms with Crippen molar-refractivity contribution >= 4 is 46.8 Å². The van der Waals surface area contributed by atoms with Crippen LogP contribution < -0.4 is 10.2 Å². The molecule has 3 aromatic rings. The van der Waals surface area contributed by atoms with Gasteiger partial charge < -0.3 is 4.90 Å². The summed E-state index contributed by atoms with van der Waals surface area (Å²) in [5.41, 5.74) is 4.10. The van der Waals surface area contributed by atoms with E-state index in [0.29, 0.717) is 35.0 Å². The summed E-state index contributed by atoms with van der Waals surface area (Å²) in [4.78, 5) is 27.7. The van der Waals surface area contributed by atoms with Crippen molar-refractivity contribution < 1.29 is 9.59 Å². The molecule has 1 aliphatic rings. The van der Waals surface area contributed by atoms with Gasteiger partial charge in [0, 0.05) is 36.0 Å². The number of halogens is 1. The Bertz CT molecular complexity index is 1210. The Kier molecular flexibility index (Phi) is 7.58. The number of thioether (sulfide) groups is 1. The Morgan fingerprint density at radius 1 is 1.15 bits per heavy atom. The molecule has 0 bridgehead atoms. The second-order valence-electron chi connectivity index (χ2n) is 8.26. The lowest BCUT2D eigenvalue weighted by molar-refractivity contribution is -0.122. The molecule has 0 saturated carbocycles. The molecule has 1 atom stereocenters. The zero-order valence-corrected chi connectivity index (χ0v) is 21.1. The van der Waals surface area contributed by atoms with Crippen LogP contribution in [0.25, 0.3) is 0 Å². The van der Waals surface area contributed by atoms with Crippen LogP contribution in [0, 0.1) is 12.8 Å². The number of rotatable bonds is 8. The van der Waals surface area contributed by atoms with Crippen LogP contribution in [0.15, 0.2) is 47.6 Å². The molecular formula is C25H28ClN5O2S. The van der Waals surface area contributed by atoms with Gasteiger partial charge in [0.15, 0.2) is 5.16 Å². The largest absolute Gasteiger partial charge is 0.311 e. The third kappa shape index (κ3) is 4.98. The molecule has 178 valence electrons. The molecule has 1 aliphatic heterocycles. The van der Waals surface area contributed by atoms with E-state index in [2.05, 4.69) is 22.4 Å². The zero-order valence-electron chi connectivity index (χ0n) is 19.5. The van der Waals surface area contributed by atoms with E-state index in [-0.39, 0.29) is 18.2 Å². The third-order valence-corrected chi connectivity index (χ3v) is 7.43. The number of amides is 2. The summed E-state index contributed by atoms with van der Waals surface area (Å²) >= 11 is 7.78. The van der Waals surface area contributed by atoms with Crippen LogP contribution in [0.5, 0.6) is 0 Å². The number of hydrogen-bond donors (Lipinski definition) is 1. The Hall–Kier alpha value is -2.84. The number of carbonyl (C=O) groups is 2. The number of anilines is 2. The van der Waals surface area contributed by atoms with Gasteiger partial charge >= 0.3 is 0 Å². The smallest absolute Gasteiger partial charge is 0.232 e. The van der Waals surface area contributed by atoms with Crippen LogP contribution in [-0.2, 0) is 28.3 Å². The second-order valence-corrected chi connectivity index (χ2v) is 9.61. The minimum atomic E-state index is -0.446. The Morgan fingerprint density at radius 2 is 1.91 bits per heavy atom. The highest BCUT2D eigenvalue weighted by molar-refractivity contribution is 7.98. The third-order valence-electron chi connectivity index (χ3n) is 6.05. The maximum atomic E-state index is 13.1. The van der Waals surface area contributed by atoms with E-state index in [4.69, 9.17) is 11.6 Å². The molecule has 34 heavy (non-hydrogen) atoms. The van der Waals surface area contributed by atoms with Gasteiger partial charge in [-0.05, 0) is 43.0 Å². The SMILES string of the molecule is CCc1cccc(C)c1N1CC(C(=O)Nc2nnc(SCc3ccccc3Cl)n2CC)CC1=O. The van der Waals surface area contributed by atoms with Crippen molar-refractivity contribution in [2.24, 2.45) is 5.92 Å². The lowest BCUT2D eigenvalue weighted by Crippen LogP contribution is -2.30. The van der Waals surface area contributed by atoms with Gasteiger partial charge in [-0.15, -0.1) is 10.2 Å². The molecular weight excluding hydrogens is 470 g/mol. The molecule has 1 N–H and O–H groups in total. The monoisotopic (exact) mass is 497 g/mol. The number of aromatic nitrogens is 3. The van der Waals surface area contributed by atoms with Gasteiger partial charge in [0.2, 0.25) is 17.8 Å². The molecule has 1 aromatic heterocycles. The fourth-order valence-corrected chi connectivity index (χ4v) is 5.52. The van der Waals surface area contributed by atoms with Crippen molar-refractivity contribution in [3.63, 3.8) is 0 Å². The summed E-state index contributed by atoms with van der Waals surface area (Å²) in [5.74, 6) is 0.348. The second kappa shape index (κ2) is 10.6. The highest BCUT2D eigenvalue weighted by Crippen LogP contribution is 2.32. The fourth-order valence-electron chi connectivity index (χ4n) is 4.23. The van der Waals surface area contributed by atoms with Crippen molar-refractivity contribution in [3.05, 3.63) is 64.2 Å². The van der Waals surface area contributed by atoms with Crippen LogP contribution >= 0.6 is 23.4 Å². The van der Waals surface area contributed by atoms with E-state index in [0.717, 1.165) is 28.8 Å². The molecule has 9 heteroatoms. The summed E-state index contributed by atoms with van der Waals surface area (Å²) < 4.78 is 1.87. The first-order valence-electron chi connectivity index (χ1n) is 11.4. The number of aryl methyl sites for hydroxylation is 2. The van der Waals surface area contributed by atoms with E-state index >= 15 is 0 Å². The molecule has 2 amide bonds. The average Bonchev–Trinajstić information content (AvgIpc) is 3.40. The first kappa shape index (κ1) is 24.3. The lowest BCUT2D eigenvalue weighted by atomic mass is 10.0. The number of nitrogens with one attached hydrogen (secondary N) is 1. The fraction of sp³-hybridized carbons (Fsp3) is 0.360. The molecule has 1 fully saturated rings.